The normalized spacial score (nSPS) is 13.8. The summed E-state index contributed by atoms with van der Waals surface area (Å²) in [5, 5.41) is 13.1. The first-order valence-corrected chi connectivity index (χ1v) is 13.4. The summed E-state index contributed by atoms with van der Waals surface area (Å²) in [6.07, 6.45) is 1.22. The Kier molecular flexibility index (Phi) is 8.86. The van der Waals surface area contributed by atoms with Gasteiger partial charge in [-0.15, -0.1) is 10.2 Å². The lowest BCUT2D eigenvalue weighted by molar-refractivity contribution is -0.150. The number of aromatic nitrogens is 6. The Morgan fingerprint density at radius 2 is 1.82 bits per heavy atom. The molecule has 3 aromatic heterocycles. The Morgan fingerprint density at radius 3 is 2.48 bits per heavy atom. The van der Waals surface area contributed by atoms with Gasteiger partial charge in [-0.3, -0.25) is 9.59 Å². The van der Waals surface area contributed by atoms with Crippen molar-refractivity contribution in [1.29, 1.82) is 0 Å². The fourth-order valence-corrected chi connectivity index (χ4v) is 4.60. The van der Waals surface area contributed by atoms with Gasteiger partial charge in [-0.25, -0.2) is 13.8 Å². The Bertz CT molecular complexity index is 1510. The molecule has 212 valence electrons. The molecule has 1 amide bonds. The van der Waals surface area contributed by atoms with E-state index in [2.05, 4.69) is 15.2 Å². The van der Waals surface area contributed by atoms with E-state index >= 15 is 0 Å². The van der Waals surface area contributed by atoms with Gasteiger partial charge in [-0.2, -0.15) is 9.61 Å². The highest BCUT2D eigenvalue weighted by Gasteiger charge is 2.28. The van der Waals surface area contributed by atoms with Gasteiger partial charge in [0.2, 0.25) is 0 Å². The number of carbonyl (C=O) groups is 2. The minimum absolute atomic E-state index is 0.0337. The fourth-order valence-electron chi connectivity index (χ4n) is 4.60. The van der Waals surface area contributed by atoms with Gasteiger partial charge in [0.15, 0.2) is 18.1 Å². The van der Waals surface area contributed by atoms with Crippen molar-refractivity contribution in [2.24, 2.45) is 0 Å². The topological polar surface area (TPSA) is 118 Å². The van der Waals surface area contributed by atoms with Gasteiger partial charge >= 0.3 is 5.97 Å². The van der Waals surface area contributed by atoms with Crippen LogP contribution in [0.4, 0.5) is 8.78 Å². The first-order chi connectivity index (χ1) is 19.2. The number of piperidine rings is 1. The zero-order valence-electron chi connectivity index (χ0n) is 23.2. The first-order valence-electron chi connectivity index (χ1n) is 13.4. The number of aromatic amines is 1. The van der Waals surface area contributed by atoms with Crippen LogP contribution in [-0.4, -0.2) is 66.3 Å². The summed E-state index contributed by atoms with van der Waals surface area (Å²) in [4.78, 5) is 33.1. The van der Waals surface area contributed by atoms with Gasteiger partial charge in [0.05, 0.1) is 5.69 Å². The lowest BCUT2D eigenvalue weighted by atomic mass is 9.96. The van der Waals surface area contributed by atoms with Crippen molar-refractivity contribution in [3.8, 4) is 22.6 Å². The number of rotatable bonds is 6. The second-order valence-electron chi connectivity index (χ2n) is 9.61. The molecule has 1 fully saturated rings. The molecule has 10 nitrogen and oxygen atoms in total. The smallest absolute Gasteiger partial charge is 0.303 e. The maximum Gasteiger partial charge on any atom is 0.303 e. The molecule has 40 heavy (non-hydrogen) atoms. The molecular formula is C28H33F2N7O3. The minimum atomic E-state index is -0.733. The van der Waals surface area contributed by atoms with Crippen molar-refractivity contribution in [2.45, 2.75) is 59.3 Å². The highest BCUT2D eigenvalue weighted by molar-refractivity contribution is 5.80. The van der Waals surface area contributed by atoms with Crippen molar-refractivity contribution < 1.29 is 23.1 Å². The van der Waals surface area contributed by atoms with Crippen LogP contribution in [0.3, 0.4) is 0 Å². The number of ether oxygens (including phenoxy) is 1. The van der Waals surface area contributed by atoms with Crippen molar-refractivity contribution in [3.05, 3.63) is 53.6 Å². The number of nitrogens with one attached hydrogen (secondary N) is 1. The van der Waals surface area contributed by atoms with Crippen LogP contribution in [0.25, 0.3) is 28.3 Å². The summed E-state index contributed by atoms with van der Waals surface area (Å²) >= 11 is 0. The molecule has 0 aliphatic carbocycles. The summed E-state index contributed by atoms with van der Waals surface area (Å²) in [7, 11) is 0. The fraction of sp³-hybridized carbons (Fsp3) is 0.429. The number of H-pyrrole nitrogens is 1. The van der Waals surface area contributed by atoms with Crippen LogP contribution in [-0.2, 0) is 14.3 Å². The van der Waals surface area contributed by atoms with E-state index in [1.165, 1.54) is 19.1 Å². The molecule has 4 aromatic rings. The molecule has 1 aliphatic heterocycles. The molecular weight excluding hydrogens is 520 g/mol. The van der Waals surface area contributed by atoms with E-state index in [0.29, 0.717) is 60.3 Å². The van der Waals surface area contributed by atoms with Gasteiger partial charge in [-0.05, 0) is 37.1 Å². The number of likely N-dealkylation sites (tertiary alicyclic amines) is 1. The lowest BCUT2D eigenvalue weighted by Gasteiger charge is -2.31. The molecule has 0 unspecified atom stereocenters. The molecule has 1 aliphatic rings. The highest BCUT2D eigenvalue weighted by atomic mass is 19.1. The third kappa shape index (κ3) is 6.00. The van der Waals surface area contributed by atoms with Crippen LogP contribution in [0.5, 0.6) is 0 Å². The van der Waals surface area contributed by atoms with E-state index in [4.69, 9.17) is 14.8 Å². The number of carbonyl (C=O) groups excluding carboxylic acids is 2. The van der Waals surface area contributed by atoms with Crippen LogP contribution in [0.2, 0.25) is 0 Å². The predicted molar refractivity (Wildman–Crippen MR) is 144 cm³/mol. The standard InChI is InChI=1S/C26H27F2N7O3.C2H6/c1-14(2)26-32-31-21-7-6-20(33-35(21)26)24-23(18-5-4-17(27)12-19(18)28)29-25(30-24)16-8-10-34(11-9-16)22(37)13-38-15(3)36;1-2/h4-7,12,14,16H,8-11,13H2,1-3H3,(H,29,30);1-2H3. The number of fused-ring (bicyclic) bond motifs is 1. The van der Waals surface area contributed by atoms with E-state index in [9.17, 15) is 18.4 Å². The molecule has 0 radical (unpaired) electrons. The number of hydrogen-bond donors (Lipinski definition) is 1. The highest BCUT2D eigenvalue weighted by Crippen LogP contribution is 2.35. The second-order valence-corrected chi connectivity index (χ2v) is 9.61. The molecule has 0 bridgehead atoms. The monoisotopic (exact) mass is 553 g/mol. The Labute approximate surface area is 230 Å². The summed E-state index contributed by atoms with van der Waals surface area (Å²) in [5.41, 5.74) is 2.04. The number of amides is 1. The number of nitrogens with zero attached hydrogens (tertiary/aromatic N) is 6. The first kappa shape index (κ1) is 28.8. The van der Waals surface area contributed by atoms with Gasteiger partial charge in [0, 0.05) is 43.5 Å². The van der Waals surface area contributed by atoms with E-state index in [-0.39, 0.29) is 29.9 Å². The van der Waals surface area contributed by atoms with E-state index in [1.54, 1.807) is 21.5 Å². The van der Waals surface area contributed by atoms with Crippen molar-refractivity contribution in [1.82, 2.24) is 34.7 Å². The SMILES string of the molecule is CC.CC(=O)OCC(=O)N1CCC(c2nc(-c3ccc(F)cc3F)c(-c3ccc4nnc(C(C)C)n4n3)[nH]2)CC1. The van der Waals surface area contributed by atoms with E-state index in [0.717, 1.165) is 6.07 Å². The molecule has 0 saturated carbocycles. The van der Waals surface area contributed by atoms with Crippen LogP contribution in [0.15, 0.2) is 30.3 Å². The van der Waals surface area contributed by atoms with Crippen molar-refractivity contribution in [2.75, 3.05) is 19.7 Å². The van der Waals surface area contributed by atoms with Crippen molar-refractivity contribution >= 4 is 17.5 Å². The molecule has 12 heteroatoms. The third-order valence-electron chi connectivity index (χ3n) is 6.60. The summed E-state index contributed by atoms with van der Waals surface area (Å²) < 4.78 is 35.1. The molecule has 1 N–H and O–H groups in total. The van der Waals surface area contributed by atoms with Gasteiger partial charge < -0.3 is 14.6 Å². The average molecular weight is 554 g/mol. The quantitative estimate of drug-likeness (QED) is 0.338. The Morgan fingerprint density at radius 1 is 1.10 bits per heavy atom. The minimum Gasteiger partial charge on any atom is -0.456 e. The zero-order chi connectivity index (χ0) is 29.0. The second kappa shape index (κ2) is 12.3. The molecule has 1 aromatic carbocycles. The van der Waals surface area contributed by atoms with Crippen LogP contribution >= 0.6 is 0 Å². The Balaban J connectivity index is 0.00000181. The molecule has 5 rings (SSSR count). The van der Waals surface area contributed by atoms with Crippen LogP contribution in [0.1, 0.15) is 70.9 Å². The number of halogens is 2. The average Bonchev–Trinajstić information content (AvgIpc) is 3.57. The van der Waals surface area contributed by atoms with Crippen LogP contribution in [0, 0.1) is 11.6 Å². The number of esters is 1. The van der Waals surface area contributed by atoms with Gasteiger partial charge in [0.1, 0.15) is 28.8 Å². The number of benzene rings is 1. The number of imidazole rings is 1. The summed E-state index contributed by atoms with van der Waals surface area (Å²) in [6, 6.07) is 6.92. The molecule has 1 saturated heterocycles. The molecule has 0 atom stereocenters. The zero-order valence-corrected chi connectivity index (χ0v) is 23.2. The maximum atomic E-state index is 14.9. The lowest BCUT2D eigenvalue weighted by Crippen LogP contribution is -2.40. The largest absolute Gasteiger partial charge is 0.456 e. The maximum absolute atomic E-state index is 14.9. The van der Waals surface area contributed by atoms with Gasteiger partial charge in [-0.1, -0.05) is 27.7 Å². The Hall–Kier alpha value is -4.22. The summed E-state index contributed by atoms with van der Waals surface area (Å²) in [5.74, 6) is -0.816. The summed E-state index contributed by atoms with van der Waals surface area (Å²) in [6.45, 7) is 9.88. The molecule has 0 spiro atoms. The predicted octanol–water partition coefficient (Wildman–Crippen LogP) is 4.88. The van der Waals surface area contributed by atoms with Gasteiger partial charge in [0.25, 0.3) is 5.91 Å². The van der Waals surface area contributed by atoms with E-state index in [1.807, 2.05) is 27.7 Å². The van der Waals surface area contributed by atoms with E-state index < -0.39 is 17.6 Å². The van der Waals surface area contributed by atoms with Crippen LogP contribution < -0.4 is 0 Å². The number of hydrogen-bond acceptors (Lipinski definition) is 7. The van der Waals surface area contributed by atoms with Crippen molar-refractivity contribution in [3.63, 3.8) is 0 Å². The third-order valence-corrected chi connectivity index (χ3v) is 6.60. The molecule has 4 heterocycles.